The Morgan fingerprint density at radius 1 is 1.23 bits per heavy atom. The van der Waals surface area contributed by atoms with Gasteiger partial charge in [0.25, 0.3) is 0 Å². The van der Waals surface area contributed by atoms with Crippen LogP contribution in [0.2, 0.25) is 0 Å². The Bertz CT molecular complexity index is 1070. The minimum Gasteiger partial charge on any atom is -0.462 e. The van der Waals surface area contributed by atoms with Crippen LogP contribution in [0.25, 0.3) is 11.2 Å². The summed E-state index contributed by atoms with van der Waals surface area (Å²) in [5.74, 6) is 2.07. The molecule has 0 saturated carbocycles. The first-order chi connectivity index (χ1) is 16.9. The summed E-state index contributed by atoms with van der Waals surface area (Å²) in [5, 5.41) is 2.66. The lowest BCUT2D eigenvalue weighted by atomic mass is 10.0. The van der Waals surface area contributed by atoms with Crippen LogP contribution >= 0.6 is 0 Å². The van der Waals surface area contributed by atoms with Gasteiger partial charge in [-0.3, -0.25) is 14.2 Å². The molecule has 0 radical (unpaired) electrons. The van der Waals surface area contributed by atoms with E-state index in [0.29, 0.717) is 25.7 Å². The Morgan fingerprint density at radius 3 is 2.74 bits per heavy atom. The molecule has 1 amide bonds. The number of hydrogen-bond donors (Lipinski definition) is 1. The summed E-state index contributed by atoms with van der Waals surface area (Å²) in [7, 11) is 0. The molecule has 1 saturated heterocycles. The summed E-state index contributed by atoms with van der Waals surface area (Å²) in [6.45, 7) is 4.07. The Labute approximate surface area is 205 Å². The van der Waals surface area contributed by atoms with E-state index in [0.717, 1.165) is 44.9 Å². The van der Waals surface area contributed by atoms with Gasteiger partial charge < -0.3 is 14.8 Å². The molecule has 1 fully saturated rings. The number of amides is 1. The number of aromatic nitrogens is 4. The number of nitrogens with zero attached hydrogens (tertiary/aromatic N) is 4. The average molecular weight is 488 g/mol. The third-order valence-corrected chi connectivity index (χ3v) is 6.09. The van der Waals surface area contributed by atoms with Gasteiger partial charge in [0, 0.05) is 12.8 Å². The molecule has 0 bridgehead atoms. The molecule has 2 aromatic rings. The molecule has 35 heavy (non-hydrogen) atoms. The van der Waals surface area contributed by atoms with Crippen molar-refractivity contribution in [3.8, 4) is 12.3 Å². The SMILES string of the molecule is C#C[C@@]1(COC(=O)CCCC)CC[C@H](n2cnc3c(NC(=O)CCCCCCC)nc(F)nc32)O1. The fraction of sp³-hybridized carbons (Fsp3) is 0.640. The maximum Gasteiger partial charge on any atom is 0.312 e. The van der Waals surface area contributed by atoms with Crippen LogP contribution in [0, 0.1) is 18.4 Å². The molecule has 3 rings (SSSR count). The van der Waals surface area contributed by atoms with E-state index in [1.165, 1.54) is 6.33 Å². The zero-order chi connectivity index (χ0) is 25.3. The Balaban J connectivity index is 1.68. The summed E-state index contributed by atoms with van der Waals surface area (Å²) in [6.07, 6.45) is 13.9. The first kappa shape index (κ1) is 26.5. The van der Waals surface area contributed by atoms with Gasteiger partial charge in [-0.05, 0) is 25.7 Å². The fourth-order valence-corrected chi connectivity index (χ4v) is 4.05. The van der Waals surface area contributed by atoms with Crippen LogP contribution < -0.4 is 5.32 Å². The normalized spacial score (nSPS) is 19.5. The second kappa shape index (κ2) is 12.6. The number of imidazole rings is 1. The van der Waals surface area contributed by atoms with Crippen molar-refractivity contribution in [2.24, 2.45) is 0 Å². The number of nitrogens with one attached hydrogen (secondary N) is 1. The van der Waals surface area contributed by atoms with Crippen molar-refractivity contribution in [2.75, 3.05) is 11.9 Å². The zero-order valence-corrected chi connectivity index (χ0v) is 20.5. The number of hydrogen-bond acceptors (Lipinski definition) is 7. The summed E-state index contributed by atoms with van der Waals surface area (Å²) < 4.78 is 27.3. The van der Waals surface area contributed by atoms with Gasteiger partial charge in [-0.15, -0.1) is 6.42 Å². The zero-order valence-electron chi connectivity index (χ0n) is 20.5. The number of anilines is 1. The Hall–Kier alpha value is -3.06. The van der Waals surface area contributed by atoms with Gasteiger partial charge in [-0.25, -0.2) is 4.98 Å². The van der Waals surface area contributed by atoms with E-state index >= 15 is 0 Å². The number of unbranched alkanes of at least 4 members (excludes halogenated alkanes) is 5. The van der Waals surface area contributed by atoms with Crippen molar-refractivity contribution >= 4 is 28.9 Å². The predicted octanol–water partition coefficient (Wildman–Crippen LogP) is 4.68. The van der Waals surface area contributed by atoms with Gasteiger partial charge >= 0.3 is 12.0 Å². The van der Waals surface area contributed by atoms with Crippen LogP contribution in [0.15, 0.2) is 6.33 Å². The molecular weight excluding hydrogens is 453 g/mol. The average Bonchev–Trinajstić information content (AvgIpc) is 3.46. The van der Waals surface area contributed by atoms with Gasteiger partial charge in [0.15, 0.2) is 22.6 Å². The van der Waals surface area contributed by atoms with Gasteiger partial charge in [-0.1, -0.05) is 51.9 Å². The smallest absolute Gasteiger partial charge is 0.312 e. The molecule has 3 heterocycles. The second-order valence-electron chi connectivity index (χ2n) is 8.89. The number of fused-ring (bicyclic) bond motifs is 1. The van der Waals surface area contributed by atoms with Crippen LogP contribution in [-0.2, 0) is 19.1 Å². The van der Waals surface area contributed by atoms with Crippen molar-refractivity contribution in [1.82, 2.24) is 19.5 Å². The van der Waals surface area contributed by atoms with Gasteiger partial charge in [0.05, 0.1) is 6.33 Å². The van der Waals surface area contributed by atoms with Crippen LogP contribution in [-0.4, -0.2) is 43.6 Å². The molecule has 9 nitrogen and oxygen atoms in total. The highest BCUT2D eigenvalue weighted by atomic mass is 19.1. The molecule has 1 aliphatic heterocycles. The van der Waals surface area contributed by atoms with Gasteiger partial charge in [0.2, 0.25) is 5.91 Å². The van der Waals surface area contributed by atoms with Crippen molar-refractivity contribution in [2.45, 2.75) is 96.3 Å². The number of halogens is 1. The number of ether oxygens (including phenoxy) is 2. The maximum atomic E-state index is 14.3. The van der Waals surface area contributed by atoms with Crippen molar-refractivity contribution in [3.05, 3.63) is 12.4 Å². The van der Waals surface area contributed by atoms with Gasteiger partial charge in [0.1, 0.15) is 12.8 Å². The highest BCUT2D eigenvalue weighted by Crippen LogP contribution is 2.38. The van der Waals surface area contributed by atoms with E-state index in [2.05, 4.69) is 33.1 Å². The molecule has 1 N–H and O–H groups in total. The molecule has 190 valence electrons. The standard InChI is InChI=1S/C25H34FN5O4/c1-4-7-9-10-11-12-18(32)28-22-21-23(30-24(26)29-22)31(17-27-21)19-14-15-25(6-3,35-19)16-34-20(33)13-8-5-2/h3,17,19H,4-5,7-16H2,1-2H3,(H,28,29,30,32)/t19-,25+/m1/s1. The first-order valence-corrected chi connectivity index (χ1v) is 12.4. The lowest BCUT2D eigenvalue weighted by molar-refractivity contribution is -0.152. The van der Waals surface area contributed by atoms with Crippen molar-refractivity contribution < 1.29 is 23.5 Å². The third kappa shape index (κ3) is 6.98. The molecular formula is C25H34FN5O4. The predicted molar refractivity (Wildman–Crippen MR) is 129 cm³/mol. The number of terminal acetylenes is 1. The highest BCUT2D eigenvalue weighted by molar-refractivity contribution is 5.96. The molecule has 0 aromatic carbocycles. The topological polar surface area (TPSA) is 108 Å². The fourth-order valence-electron chi connectivity index (χ4n) is 4.05. The Kier molecular flexibility index (Phi) is 9.55. The van der Waals surface area contributed by atoms with E-state index in [1.807, 2.05) is 6.92 Å². The third-order valence-electron chi connectivity index (χ3n) is 6.09. The minimum absolute atomic E-state index is 0.0240. The lowest BCUT2D eigenvalue weighted by Crippen LogP contribution is -2.34. The van der Waals surface area contributed by atoms with Crippen molar-refractivity contribution in [3.63, 3.8) is 0 Å². The first-order valence-electron chi connectivity index (χ1n) is 12.4. The molecule has 2 aromatic heterocycles. The summed E-state index contributed by atoms with van der Waals surface area (Å²) >= 11 is 0. The van der Waals surface area contributed by atoms with Crippen LogP contribution in [0.3, 0.4) is 0 Å². The quantitative estimate of drug-likeness (QED) is 0.189. The molecule has 0 unspecified atom stereocenters. The number of carbonyl (C=O) groups is 2. The van der Waals surface area contributed by atoms with Crippen LogP contribution in [0.5, 0.6) is 0 Å². The van der Waals surface area contributed by atoms with E-state index in [-0.39, 0.29) is 35.5 Å². The number of carbonyl (C=O) groups excluding carboxylic acids is 2. The summed E-state index contributed by atoms with van der Waals surface area (Å²) in [6, 6.07) is 0. The molecule has 0 aliphatic carbocycles. The minimum atomic E-state index is -1.08. The highest BCUT2D eigenvalue weighted by Gasteiger charge is 2.41. The van der Waals surface area contributed by atoms with E-state index < -0.39 is 17.9 Å². The maximum absolute atomic E-state index is 14.3. The summed E-state index contributed by atoms with van der Waals surface area (Å²) in [4.78, 5) is 36.2. The largest absolute Gasteiger partial charge is 0.462 e. The molecule has 2 atom stereocenters. The molecule has 10 heteroatoms. The monoisotopic (exact) mass is 487 g/mol. The molecule has 1 aliphatic rings. The summed E-state index contributed by atoms with van der Waals surface area (Å²) in [5.41, 5.74) is -0.629. The number of esters is 1. The Morgan fingerprint density at radius 2 is 2.00 bits per heavy atom. The van der Waals surface area contributed by atoms with Crippen molar-refractivity contribution in [1.29, 1.82) is 0 Å². The van der Waals surface area contributed by atoms with Crippen LogP contribution in [0.4, 0.5) is 10.2 Å². The van der Waals surface area contributed by atoms with E-state index in [4.69, 9.17) is 15.9 Å². The lowest BCUT2D eigenvalue weighted by Gasteiger charge is -2.23. The van der Waals surface area contributed by atoms with E-state index in [1.54, 1.807) is 4.57 Å². The molecule has 0 spiro atoms. The second-order valence-corrected chi connectivity index (χ2v) is 8.89. The number of rotatable bonds is 13. The van der Waals surface area contributed by atoms with Crippen LogP contribution in [0.1, 0.15) is 90.7 Å². The van der Waals surface area contributed by atoms with Gasteiger partial charge in [-0.2, -0.15) is 14.4 Å². The van der Waals surface area contributed by atoms with E-state index in [9.17, 15) is 14.0 Å².